The highest BCUT2D eigenvalue weighted by atomic mass is 35.5. The molecule has 116 valence electrons. The SMILES string of the molecule is N#CCC(=O)N/N=C\c1ccc(-c2ccc([N+](=O)[O-])cc2Cl)o1. The topological polar surface area (TPSA) is 122 Å². The zero-order valence-electron chi connectivity index (χ0n) is 11.5. The van der Waals surface area contributed by atoms with E-state index in [9.17, 15) is 14.9 Å². The van der Waals surface area contributed by atoms with Crippen LogP contribution in [0.2, 0.25) is 5.02 Å². The number of nitriles is 1. The lowest BCUT2D eigenvalue weighted by Crippen LogP contribution is -2.15. The molecule has 0 spiro atoms. The van der Waals surface area contributed by atoms with Crippen molar-refractivity contribution < 1.29 is 14.1 Å². The summed E-state index contributed by atoms with van der Waals surface area (Å²) in [7, 11) is 0. The van der Waals surface area contributed by atoms with Gasteiger partial charge in [-0.3, -0.25) is 14.9 Å². The summed E-state index contributed by atoms with van der Waals surface area (Å²) in [6.45, 7) is 0. The number of carbonyl (C=O) groups is 1. The van der Waals surface area contributed by atoms with Gasteiger partial charge in [0.2, 0.25) is 0 Å². The Morgan fingerprint density at radius 2 is 2.26 bits per heavy atom. The predicted octanol–water partition coefficient (Wildman–Crippen LogP) is 2.87. The highest BCUT2D eigenvalue weighted by Gasteiger charge is 2.13. The van der Waals surface area contributed by atoms with E-state index in [0.717, 1.165) is 0 Å². The van der Waals surface area contributed by atoms with Gasteiger partial charge in [-0.2, -0.15) is 10.4 Å². The maximum absolute atomic E-state index is 11.0. The smallest absolute Gasteiger partial charge is 0.270 e. The number of amides is 1. The quantitative estimate of drug-likeness (QED) is 0.512. The van der Waals surface area contributed by atoms with E-state index in [-0.39, 0.29) is 17.1 Å². The Bertz CT molecular complexity index is 822. The van der Waals surface area contributed by atoms with Crippen LogP contribution in [0.5, 0.6) is 0 Å². The van der Waals surface area contributed by atoms with Crippen LogP contribution in [-0.2, 0) is 4.79 Å². The molecular weight excluding hydrogens is 324 g/mol. The molecule has 23 heavy (non-hydrogen) atoms. The Kier molecular flexibility index (Phi) is 5.07. The zero-order chi connectivity index (χ0) is 16.8. The molecule has 0 bridgehead atoms. The van der Waals surface area contributed by atoms with E-state index in [2.05, 4.69) is 10.5 Å². The van der Waals surface area contributed by atoms with Crippen LogP contribution in [0.1, 0.15) is 12.2 Å². The number of hydrogen-bond donors (Lipinski definition) is 1. The number of nitrogens with zero attached hydrogens (tertiary/aromatic N) is 3. The third-order valence-electron chi connectivity index (χ3n) is 2.68. The van der Waals surface area contributed by atoms with Gasteiger partial charge in [0.05, 0.1) is 22.2 Å². The van der Waals surface area contributed by atoms with Crippen molar-refractivity contribution in [1.82, 2.24) is 5.43 Å². The van der Waals surface area contributed by atoms with Crippen LogP contribution < -0.4 is 5.43 Å². The van der Waals surface area contributed by atoms with Gasteiger partial charge in [-0.1, -0.05) is 11.6 Å². The Hall–Kier alpha value is -3.18. The summed E-state index contributed by atoms with van der Waals surface area (Å²) in [6, 6.07) is 8.93. The summed E-state index contributed by atoms with van der Waals surface area (Å²) in [5.74, 6) is 0.204. The van der Waals surface area contributed by atoms with Gasteiger partial charge in [0.1, 0.15) is 17.9 Å². The summed E-state index contributed by atoms with van der Waals surface area (Å²) in [6.07, 6.45) is 0.969. The minimum atomic E-state index is -0.542. The van der Waals surface area contributed by atoms with Crippen LogP contribution >= 0.6 is 11.6 Å². The average molecular weight is 333 g/mol. The van der Waals surface area contributed by atoms with E-state index in [0.29, 0.717) is 17.1 Å². The molecule has 0 saturated heterocycles. The molecule has 9 heteroatoms. The monoisotopic (exact) mass is 332 g/mol. The summed E-state index contributed by atoms with van der Waals surface area (Å²) < 4.78 is 5.47. The fraction of sp³-hybridized carbons (Fsp3) is 0.0714. The molecule has 1 amide bonds. The van der Waals surface area contributed by atoms with Gasteiger partial charge in [-0.25, -0.2) is 5.43 Å². The summed E-state index contributed by atoms with van der Waals surface area (Å²) in [4.78, 5) is 21.2. The lowest BCUT2D eigenvalue weighted by Gasteiger charge is -2.00. The minimum Gasteiger partial charge on any atom is -0.455 e. The Morgan fingerprint density at radius 3 is 2.91 bits per heavy atom. The Morgan fingerprint density at radius 1 is 1.48 bits per heavy atom. The van der Waals surface area contributed by atoms with Crippen LogP contribution in [0.15, 0.2) is 39.9 Å². The first-order valence-corrected chi connectivity index (χ1v) is 6.62. The third kappa shape index (κ3) is 4.15. The molecular formula is C14H9ClN4O4. The number of furan rings is 1. The first-order chi connectivity index (χ1) is 11.0. The van der Waals surface area contributed by atoms with Gasteiger partial charge in [-0.05, 0) is 18.2 Å². The first kappa shape index (κ1) is 16.2. The predicted molar refractivity (Wildman–Crippen MR) is 81.8 cm³/mol. The van der Waals surface area contributed by atoms with Crippen molar-refractivity contribution in [2.75, 3.05) is 0 Å². The van der Waals surface area contributed by atoms with E-state index in [4.69, 9.17) is 21.3 Å². The minimum absolute atomic E-state index is 0.118. The normalized spacial score (nSPS) is 10.4. The molecule has 0 saturated carbocycles. The summed E-state index contributed by atoms with van der Waals surface area (Å²) in [5.41, 5.74) is 2.53. The maximum atomic E-state index is 11.0. The number of hydrogen-bond acceptors (Lipinski definition) is 6. The lowest BCUT2D eigenvalue weighted by atomic mass is 10.1. The van der Waals surface area contributed by atoms with Crippen molar-refractivity contribution in [3.05, 3.63) is 51.2 Å². The van der Waals surface area contributed by atoms with Crippen molar-refractivity contribution in [2.45, 2.75) is 6.42 Å². The number of halogens is 1. The van der Waals surface area contributed by atoms with E-state index in [1.54, 1.807) is 18.2 Å². The number of non-ortho nitro benzene ring substituents is 1. The largest absolute Gasteiger partial charge is 0.455 e. The van der Waals surface area contributed by atoms with Gasteiger partial charge >= 0.3 is 0 Å². The molecule has 0 radical (unpaired) electrons. The molecule has 0 aliphatic rings. The van der Waals surface area contributed by atoms with E-state index in [1.807, 2.05) is 0 Å². The molecule has 2 aromatic rings. The van der Waals surface area contributed by atoms with Crippen molar-refractivity contribution >= 4 is 29.4 Å². The van der Waals surface area contributed by atoms with Crippen LogP contribution in [-0.4, -0.2) is 17.0 Å². The fourth-order valence-corrected chi connectivity index (χ4v) is 1.93. The van der Waals surface area contributed by atoms with Crippen molar-refractivity contribution in [2.24, 2.45) is 5.10 Å². The maximum Gasteiger partial charge on any atom is 0.270 e. The fourth-order valence-electron chi connectivity index (χ4n) is 1.66. The highest BCUT2D eigenvalue weighted by Crippen LogP contribution is 2.31. The number of nitro groups is 1. The number of benzene rings is 1. The van der Waals surface area contributed by atoms with E-state index in [1.165, 1.54) is 24.4 Å². The Labute approximate surface area is 135 Å². The third-order valence-corrected chi connectivity index (χ3v) is 2.99. The molecule has 0 unspecified atom stereocenters. The van der Waals surface area contributed by atoms with E-state index >= 15 is 0 Å². The van der Waals surface area contributed by atoms with Gasteiger partial charge in [-0.15, -0.1) is 0 Å². The number of carbonyl (C=O) groups excluding carboxylic acids is 1. The molecule has 0 fully saturated rings. The highest BCUT2D eigenvalue weighted by molar-refractivity contribution is 6.33. The summed E-state index contributed by atoms with van der Waals surface area (Å²) in [5, 5.41) is 22.8. The van der Waals surface area contributed by atoms with Gasteiger partial charge < -0.3 is 4.42 Å². The molecule has 0 aliphatic carbocycles. The second-order valence-electron chi connectivity index (χ2n) is 4.25. The van der Waals surface area contributed by atoms with Gasteiger partial charge in [0.15, 0.2) is 0 Å². The van der Waals surface area contributed by atoms with Crippen LogP contribution in [0.4, 0.5) is 5.69 Å². The Balaban J connectivity index is 2.13. The average Bonchev–Trinajstić information content (AvgIpc) is 2.96. The van der Waals surface area contributed by atoms with Crippen molar-refractivity contribution in [3.63, 3.8) is 0 Å². The molecule has 1 aromatic carbocycles. The molecule has 0 aliphatic heterocycles. The van der Waals surface area contributed by atoms with Gasteiger partial charge in [0.25, 0.3) is 11.6 Å². The lowest BCUT2D eigenvalue weighted by molar-refractivity contribution is -0.384. The number of nitro benzene ring substituents is 1. The number of nitrogens with one attached hydrogen (secondary N) is 1. The van der Waals surface area contributed by atoms with Crippen molar-refractivity contribution in [1.29, 1.82) is 5.26 Å². The molecule has 8 nitrogen and oxygen atoms in total. The second kappa shape index (κ2) is 7.20. The zero-order valence-corrected chi connectivity index (χ0v) is 12.3. The van der Waals surface area contributed by atoms with E-state index < -0.39 is 10.8 Å². The molecule has 1 aromatic heterocycles. The molecule has 0 atom stereocenters. The van der Waals surface area contributed by atoms with Crippen LogP contribution in [0.3, 0.4) is 0 Å². The van der Waals surface area contributed by atoms with Crippen LogP contribution in [0.25, 0.3) is 11.3 Å². The molecule has 2 rings (SSSR count). The second-order valence-corrected chi connectivity index (χ2v) is 4.66. The van der Waals surface area contributed by atoms with Crippen LogP contribution in [0, 0.1) is 21.4 Å². The standard InChI is InChI=1S/C14H9ClN4O4/c15-12-7-9(19(21)22)1-3-11(12)13-4-2-10(23-13)8-17-18-14(20)5-6-16/h1-4,7-8H,5H2,(H,18,20)/b17-8-. The number of hydrazone groups is 1. The summed E-state index contributed by atoms with van der Waals surface area (Å²) >= 11 is 6.01. The molecule has 1 N–H and O–H groups in total. The van der Waals surface area contributed by atoms with Gasteiger partial charge in [0, 0.05) is 17.7 Å². The number of rotatable bonds is 5. The first-order valence-electron chi connectivity index (χ1n) is 6.24. The van der Waals surface area contributed by atoms with Crippen molar-refractivity contribution in [3.8, 4) is 17.4 Å². The molecule has 1 heterocycles.